The van der Waals surface area contributed by atoms with E-state index < -0.39 is 23.8 Å². The normalized spacial score (nSPS) is 11.8. The van der Waals surface area contributed by atoms with Gasteiger partial charge in [0.1, 0.15) is 12.4 Å². The summed E-state index contributed by atoms with van der Waals surface area (Å²) in [7, 11) is 0. The van der Waals surface area contributed by atoms with Crippen molar-refractivity contribution in [2.24, 2.45) is 0 Å². The van der Waals surface area contributed by atoms with Crippen LogP contribution in [0.15, 0.2) is 59.7 Å². The number of hydrogen-bond acceptors (Lipinski definition) is 5. The number of nitrogens with one attached hydrogen (secondary N) is 1. The minimum atomic E-state index is -1.12. The van der Waals surface area contributed by atoms with E-state index in [2.05, 4.69) is 10.3 Å². The van der Waals surface area contributed by atoms with E-state index in [4.69, 9.17) is 4.74 Å². The molecule has 0 saturated carbocycles. The molecular weight excluding hydrogens is 353 g/mol. The monoisotopic (exact) mass is 369 g/mol. The highest BCUT2D eigenvalue weighted by Gasteiger charge is 2.19. The molecule has 3 aromatic rings. The Morgan fingerprint density at radius 2 is 2.00 bits per heavy atom. The van der Waals surface area contributed by atoms with Crippen LogP contribution in [0.4, 0.5) is 10.1 Å². The summed E-state index contributed by atoms with van der Waals surface area (Å²) in [6.45, 7) is 1.00. The van der Waals surface area contributed by atoms with Gasteiger partial charge in [0.2, 0.25) is 0 Å². The summed E-state index contributed by atoms with van der Waals surface area (Å²) in [5.41, 5.74) is 0.391. The lowest BCUT2D eigenvalue weighted by molar-refractivity contribution is -0.153. The smallest absolute Gasteiger partial charge is 0.326 e. The van der Waals surface area contributed by atoms with E-state index in [-0.39, 0.29) is 17.8 Å². The Balaban J connectivity index is 1.64. The molecule has 0 radical (unpaired) electrons. The van der Waals surface area contributed by atoms with E-state index in [1.165, 1.54) is 31.5 Å². The van der Waals surface area contributed by atoms with Crippen LogP contribution in [-0.2, 0) is 20.9 Å². The van der Waals surface area contributed by atoms with Crippen molar-refractivity contribution in [3.63, 3.8) is 0 Å². The number of benzene rings is 2. The van der Waals surface area contributed by atoms with Crippen molar-refractivity contribution < 1.29 is 18.7 Å². The maximum atomic E-state index is 13.1. The van der Waals surface area contributed by atoms with Gasteiger partial charge >= 0.3 is 5.97 Å². The largest absolute Gasteiger partial charge is 0.451 e. The Bertz CT molecular complexity index is 1060. The van der Waals surface area contributed by atoms with Gasteiger partial charge in [-0.1, -0.05) is 18.2 Å². The summed E-state index contributed by atoms with van der Waals surface area (Å²) in [6.07, 6.45) is 0.133. The Labute approximate surface area is 153 Å². The van der Waals surface area contributed by atoms with Crippen LogP contribution in [0.25, 0.3) is 10.9 Å². The lowest BCUT2D eigenvalue weighted by atomic mass is 10.2. The van der Waals surface area contributed by atoms with Gasteiger partial charge in [-0.2, -0.15) is 0 Å². The fraction of sp³-hybridized carbons (Fsp3) is 0.158. The van der Waals surface area contributed by atoms with E-state index in [1.807, 2.05) is 0 Å². The second-order valence-electron chi connectivity index (χ2n) is 5.83. The number of carbonyl (C=O) groups is 2. The van der Waals surface area contributed by atoms with Gasteiger partial charge in [0.05, 0.1) is 17.2 Å². The molecule has 27 heavy (non-hydrogen) atoms. The van der Waals surface area contributed by atoms with Gasteiger partial charge in [0.25, 0.3) is 11.5 Å². The number of halogens is 1. The van der Waals surface area contributed by atoms with Gasteiger partial charge in [-0.15, -0.1) is 0 Å². The number of rotatable bonds is 5. The fourth-order valence-corrected chi connectivity index (χ4v) is 2.46. The van der Waals surface area contributed by atoms with Crippen molar-refractivity contribution >= 4 is 28.5 Å². The van der Waals surface area contributed by atoms with Crippen LogP contribution in [0.5, 0.6) is 0 Å². The van der Waals surface area contributed by atoms with Gasteiger partial charge in [-0.3, -0.25) is 19.0 Å². The third-order valence-corrected chi connectivity index (χ3v) is 3.80. The fourth-order valence-electron chi connectivity index (χ4n) is 2.46. The summed E-state index contributed by atoms with van der Waals surface area (Å²) in [6, 6.07) is 12.1. The molecule has 0 saturated heterocycles. The number of para-hydroxylation sites is 1. The minimum absolute atomic E-state index is 0.248. The average molecular weight is 369 g/mol. The van der Waals surface area contributed by atoms with Crippen molar-refractivity contribution in [2.75, 3.05) is 5.32 Å². The molecule has 1 unspecified atom stereocenters. The first-order valence-corrected chi connectivity index (χ1v) is 8.14. The molecule has 138 valence electrons. The van der Waals surface area contributed by atoms with Crippen molar-refractivity contribution in [3.8, 4) is 0 Å². The molecule has 0 aliphatic rings. The Hall–Kier alpha value is -3.55. The Kier molecular flexibility index (Phi) is 5.25. The summed E-state index contributed by atoms with van der Waals surface area (Å²) >= 11 is 0. The van der Waals surface area contributed by atoms with Gasteiger partial charge < -0.3 is 10.1 Å². The zero-order valence-electron chi connectivity index (χ0n) is 14.4. The number of esters is 1. The van der Waals surface area contributed by atoms with Gasteiger partial charge in [-0.25, -0.2) is 9.37 Å². The standard InChI is InChI=1S/C19H16FN3O4/c1-12(18(25)22-14-6-4-5-13(20)9-14)27-17(24)10-23-11-21-16-8-3-2-7-15(16)19(23)26/h2-9,11-12H,10H2,1H3,(H,22,25). The van der Waals surface area contributed by atoms with Gasteiger partial charge in [0, 0.05) is 5.69 Å². The zero-order valence-corrected chi connectivity index (χ0v) is 14.4. The number of hydrogen-bond donors (Lipinski definition) is 1. The Morgan fingerprint density at radius 1 is 1.22 bits per heavy atom. The quantitative estimate of drug-likeness (QED) is 0.696. The first kappa shape index (κ1) is 18.2. The molecule has 1 heterocycles. The number of aromatic nitrogens is 2. The lowest BCUT2D eigenvalue weighted by Crippen LogP contribution is -2.33. The van der Waals surface area contributed by atoms with Crippen LogP contribution in [0.1, 0.15) is 6.92 Å². The average Bonchev–Trinajstić information content (AvgIpc) is 2.64. The number of nitrogens with zero attached hydrogens (tertiary/aromatic N) is 2. The van der Waals surface area contributed by atoms with Crippen molar-refractivity contribution in [3.05, 3.63) is 71.0 Å². The van der Waals surface area contributed by atoms with Gasteiger partial charge in [-0.05, 0) is 37.3 Å². The first-order valence-electron chi connectivity index (χ1n) is 8.14. The lowest BCUT2D eigenvalue weighted by Gasteiger charge is -2.14. The number of amides is 1. The molecule has 0 bridgehead atoms. The van der Waals surface area contributed by atoms with E-state index in [0.29, 0.717) is 10.9 Å². The van der Waals surface area contributed by atoms with Crippen molar-refractivity contribution in [2.45, 2.75) is 19.6 Å². The van der Waals surface area contributed by atoms with E-state index in [1.54, 1.807) is 24.3 Å². The third-order valence-electron chi connectivity index (χ3n) is 3.80. The van der Waals surface area contributed by atoms with Crippen LogP contribution in [0, 0.1) is 5.82 Å². The molecule has 3 rings (SSSR count). The number of ether oxygens (including phenoxy) is 1. The van der Waals surface area contributed by atoms with Crippen LogP contribution in [0.3, 0.4) is 0 Å². The second-order valence-corrected chi connectivity index (χ2v) is 5.83. The van der Waals surface area contributed by atoms with Crippen LogP contribution in [0.2, 0.25) is 0 Å². The Morgan fingerprint density at radius 3 is 2.78 bits per heavy atom. The summed E-state index contributed by atoms with van der Waals surface area (Å²) < 4.78 is 19.3. The predicted molar refractivity (Wildman–Crippen MR) is 96.6 cm³/mol. The predicted octanol–water partition coefficient (Wildman–Crippen LogP) is 2.11. The van der Waals surface area contributed by atoms with E-state index in [9.17, 15) is 18.8 Å². The van der Waals surface area contributed by atoms with Crippen LogP contribution >= 0.6 is 0 Å². The number of carbonyl (C=O) groups excluding carboxylic acids is 2. The van der Waals surface area contributed by atoms with Crippen molar-refractivity contribution in [1.29, 1.82) is 0 Å². The third kappa shape index (κ3) is 4.35. The topological polar surface area (TPSA) is 90.3 Å². The molecule has 8 heteroatoms. The SMILES string of the molecule is CC(OC(=O)Cn1cnc2ccccc2c1=O)C(=O)Nc1cccc(F)c1. The molecule has 0 aliphatic heterocycles. The number of anilines is 1. The molecule has 1 N–H and O–H groups in total. The maximum absolute atomic E-state index is 13.1. The highest BCUT2D eigenvalue weighted by Crippen LogP contribution is 2.10. The molecule has 1 aromatic heterocycles. The van der Waals surface area contributed by atoms with Crippen LogP contribution < -0.4 is 10.9 Å². The van der Waals surface area contributed by atoms with Crippen molar-refractivity contribution in [1.82, 2.24) is 9.55 Å². The molecule has 0 spiro atoms. The molecule has 7 nitrogen and oxygen atoms in total. The molecular formula is C19H16FN3O4. The van der Waals surface area contributed by atoms with E-state index in [0.717, 1.165) is 10.6 Å². The molecule has 0 aliphatic carbocycles. The second kappa shape index (κ2) is 7.77. The molecule has 2 aromatic carbocycles. The minimum Gasteiger partial charge on any atom is -0.451 e. The van der Waals surface area contributed by atoms with Gasteiger partial charge in [0.15, 0.2) is 6.10 Å². The van der Waals surface area contributed by atoms with Crippen LogP contribution in [-0.4, -0.2) is 27.5 Å². The summed E-state index contributed by atoms with van der Waals surface area (Å²) in [5, 5.41) is 2.83. The van der Waals surface area contributed by atoms with E-state index >= 15 is 0 Å². The molecule has 1 amide bonds. The number of fused-ring (bicyclic) bond motifs is 1. The first-order chi connectivity index (χ1) is 12.9. The highest BCUT2D eigenvalue weighted by molar-refractivity contribution is 5.95. The molecule has 1 atom stereocenters. The molecule has 0 fully saturated rings. The summed E-state index contributed by atoms with van der Waals surface area (Å²) in [4.78, 5) is 40.6. The zero-order chi connectivity index (χ0) is 19.4. The summed E-state index contributed by atoms with van der Waals surface area (Å²) in [5.74, 6) is -1.88. The maximum Gasteiger partial charge on any atom is 0.326 e. The highest BCUT2D eigenvalue weighted by atomic mass is 19.1.